The molecule has 0 aliphatic heterocycles. The van der Waals surface area contributed by atoms with Gasteiger partial charge in [-0.3, -0.25) is 19.2 Å². The standard InChI is InChI=1S/C20H21F3N2O3.C14H18ClFN2O2.C6H4F2O.2H2S/c1-2-3-4-8-16(25-20(27)13-9-10-18(23)24-11-13)17(26)12-28-19-14(21)6-5-7-15(19)22;1-2-3-4-5-11(12(19)8-15)18-14(20)10-6-7-13(16)17-9-10;7-4-2-1-3-5(8)6(4)9;;/h5-7,9-11,16H,2-4,8,12H2,1H3,(H,25,27);6-7,9,11H,2-5,8H2,1H3,(H,18,20);1-3,9H;2*1H2/t16-;11-;;;/m00.../s1. The molecule has 19 heteroatoms. The summed E-state index contributed by atoms with van der Waals surface area (Å²) >= 11 is 5.55. The SMILES string of the molecule is CCCCC[C@H](NC(=O)c1ccc(F)nc1)C(=O)CCl.CCCCC[C@H](NC(=O)c1ccc(F)nc1)C(=O)COc1c(F)cccc1F.Oc1c(F)cccc1F.S.S. The first kappa shape index (κ1) is 54.2. The first-order chi connectivity index (χ1) is 27.2. The van der Waals surface area contributed by atoms with Gasteiger partial charge in [-0.05, 0) is 61.4 Å². The van der Waals surface area contributed by atoms with Crippen molar-refractivity contribution in [3.8, 4) is 11.5 Å². The van der Waals surface area contributed by atoms with Crippen molar-refractivity contribution < 1.29 is 55.4 Å². The second-order valence-electron chi connectivity index (χ2n) is 12.3. The van der Waals surface area contributed by atoms with E-state index in [9.17, 15) is 45.5 Å². The Balaban J connectivity index is 0.000000944. The number of aromatic hydroxyl groups is 1. The van der Waals surface area contributed by atoms with Gasteiger partial charge in [-0.25, -0.2) is 27.5 Å². The van der Waals surface area contributed by atoms with E-state index in [1.165, 1.54) is 24.3 Å². The number of ketones is 2. The highest BCUT2D eigenvalue weighted by Crippen LogP contribution is 2.21. The van der Waals surface area contributed by atoms with Crippen molar-refractivity contribution in [2.24, 2.45) is 0 Å². The third-order valence-corrected chi connectivity index (χ3v) is 8.17. The fraction of sp³-hybridized carbons (Fsp3) is 0.350. The molecule has 0 spiro atoms. The lowest BCUT2D eigenvalue weighted by Crippen LogP contribution is -2.43. The van der Waals surface area contributed by atoms with Gasteiger partial charge in [0.2, 0.25) is 11.9 Å². The predicted molar refractivity (Wildman–Crippen MR) is 221 cm³/mol. The molecule has 4 rings (SSSR count). The number of carbonyl (C=O) groups is 4. The molecule has 0 unspecified atom stereocenters. The molecular formula is C40H47ClF6N4O6S2. The van der Waals surface area contributed by atoms with Gasteiger partial charge in [0.05, 0.1) is 29.1 Å². The number of rotatable bonds is 18. The molecule has 2 heterocycles. The van der Waals surface area contributed by atoms with Crippen molar-refractivity contribution in [3.05, 3.63) is 119 Å². The molecule has 2 aromatic heterocycles. The fourth-order valence-corrected chi connectivity index (χ4v) is 4.96. The van der Waals surface area contributed by atoms with Gasteiger partial charge < -0.3 is 20.5 Å². The van der Waals surface area contributed by atoms with Gasteiger partial charge in [0.25, 0.3) is 11.8 Å². The highest BCUT2D eigenvalue weighted by molar-refractivity contribution is 7.59. The molecule has 2 atom stereocenters. The van der Waals surface area contributed by atoms with Crippen molar-refractivity contribution in [2.45, 2.75) is 77.3 Å². The lowest BCUT2D eigenvalue weighted by atomic mass is 10.0. The van der Waals surface area contributed by atoms with Gasteiger partial charge in [0.15, 0.2) is 46.3 Å². The maximum atomic E-state index is 13.6. The van der Waals surface area contributed by atoms with Gasteiger partial charge >= 0.3 is 0 Å². The number of pyridine rings is 2. The zero-order valence-electron chi connectivity index (χ0n) is 32.2. The van der Waals surface area contributed by atoms with E-state index in [1.807, 2.05) is 6.92 Å². The number of Topliss-reactive ketones (excluding diaryl/α,β-unsaturated/α-hetero) is 2. The van der Waals surface area contributed by atoms with Crippen LogP contribution in [0.5, 0.6) is 11.5 Å². The van der Waals surface area contributed by atoms with E-state index < -0.39 is 83.0 Å². The Morgan fingerprint density at radius 2 is 1.05 bits per heavy atom. The molecule has 59 heavy (non-hydrogen) atoms. The summed E-state index contributed by atoms with van der Waals surface area (Å²) in [4.78, 5) is 55.3. The van der Waals surface area contributed by atoms with E-state index in [2.05, 4.69) is 27.5 Å². The van der Waals surface area contributed by atoms with E-state index in [-0.39, 0.29) is 49.8 Å². The van der Waals surface area contributed by atoms with Gasteiger partial charge in [-0.15, -0.1) is 11.6 Å². The number of phenols is 1. The summed E-state index contributed by atoms with van der Waals surface area (Å²) in [6, 6.07) is 9.58. The summed E-state index contributed by atoms with van der Waals surface area (Å²) in [7, 11) is 0. The number of alkyl halides is 1. The number of para-hydroxylation sites is 2. The van der Waals surface area contributed by atoms with Gasteiger partial charge in [0.1, 0.15) is 6.61 Å². The fourth-order valence-electron chi connectivity index (χ4n) is 4.77. The normalized spacial score (nSPS) is 11.1. The van der Waals surface area contributed by atoms with Crippen molar-refractivity contribution in [1.82, 2.24) is 20.6 Å². The summed E-state index contributed by atoms with van der Waals surface area (Å²) < 4.78 is 82.0. The number of nitrogens with zero attached hydrogens (tertiary/aromatic N) is 2. The van der Waals surface area contributed by atoms with E-state index in [1.54, 1.807) is 0 Å². The van der Waals surface area contributed by atoms with E-state index in [4.69, 9.17) is 21.4 Å². The maximum Gasteiger partial charge on any atom is 0.253 e. The number of unbranched alkanes of at least 4 members (excludes halogenated alkanes) is 4. The maximum absolute atomic E-state index is 13.6. The number of nitrogens with one attached hydrogen (secondary N) is 2. The smallest absolute Gasteiger partial charge is 0.253 e. The number of aromatic nitrogens is 2. The molecule has 0 aliphatic rings. The second kappa shape index (κ2) is 29.4. The minimum absolute atomic E-state index is 0. The largest absolute Gasteiger partial charge is 0.503 e. The summed E-state index contributed by atoms with van der Waals surface area (Å²) in [6.45, 7) is 3.45. The minimum atomic E-state index is -0.935. The zero-order chi connectivity index (χ0) is 42.3. The van der Waals surface area contributed by atoms with Gasteiger partial charge in [-0.1, -0.05) is 64.5 Å². The van der Waals surface area contributed by atoms with E-state index >= 15 is 0 Å². The van der Waals surface area contributed by atoms with Crippen LogP contribution in [0.4, 0.5) is 26.3 Å². The summed E-state index contributed by atoms with van der Waals surface area (Å²) in [5, 5.41) is 13.6. The molecule has 2 aromatic carbocycles. The Morgan fingerprint density at radius 1 is 0.644 bits per heavy atom. The van der Waals surface area contributed by atoms with Crippen LogP contribution in [-0.2, 0) is 9.59 Å². The average Bonchev–Trinajstić information content (AvgIpc) is 3.19. The summed E-state index contributed by atoms with van der Waals surface area (Å²) in [6.07, 6.45) is 8.37. The first-order valence-electron chi connectivity index (χ1n) is 17.9. The average molecular weight is 893 g/mol. The number of hydrogen-bond acceptors (Lipinski definition) is 8. The Kier molecular flexibility index (Phi) is 27.0. The van der Waals surface area contributed by atoms with Crippen LogP contribution in [0.2, 0.25) is 0 Å². The molecule has 324 valence electrons. The number of hydrogen-bond donors (Lipinski definition) is 3. The molecule has 0 aliphatic carbocycles. The number of benzene rings is 2. The number of amides is 2. The zero-order valence-corrected chi connectivity index (χ0v) is 34.9. The lowest BCUT2D eigenvalue weighted by molar-refractivity contribution is -0.123. The van der Waals surface area contributed by atoms with Gasteiger partial charge in [0, 0.05) is 12.4 Å². The van der Waals surface area contributed by atoms with Crippen molar-refractivity contribution in [2.75, 3.05) is 12.5 Å². The Labute approximate surface area is 357 Å². The van der Waals surface area contributed by atoms with Gasteiger partial charge in [-0.2, -0.15) is 35.8 Å². The summed E-state index contributed by atoms with van der Waals surface area (Å²) in [5.74, 6) is -8.58. The molecule has 3 N–H and O–H groups in total. The highest BCUT2D eigenvalue weighted by atomic mass is 35.5. The van der Waals surface area contributed by atoms with Crippen LogP contribution in [0.25, 0.3) is 0 Å². The van der Waals surface area contributed by atoms with E-state index in [0.717, 1.165) is 80.9 Å². The highest BCUT2D eigenvalue weighted by Gasteiger charge is 2.23. The molecule has 0 bridgehead atoms. The predicted octanol–water partition coefficient (Wildman–Crippen LogP) is 8.43. The summed E-state index contributed by atoms with van der Waals surface area (Å²) in [5.41, 5.74) is 0.310. The minimum Gasteiger partial charge on any atom is -0.503 e. The number of halogens is 7. The topological polar surface area (TPSA) is 148 Å². The van der Waals surface area contributed by atoms with Crippen LogP contribution in [0, 0.1) is 35.2 Å². The van der Waals surface area contributed by atoms with E-state index in [0.29, 0.717) is 19.3 Å². The number of carbonyl (C=O) groups excluding carboxylic acids is 4. The molecule has 4 aromatic rings. The number of ether oxygens (including phenoxy) is 1. The molecule has 0 saturated carbocycles. The van der Waals surface area contributed by atoms with Crippen LogP contribution in [-0.4, -0.2) is 63.0 Å². The first-order valence-corrected chi connectivity index (χ1v) is 18.4. The quantitative estimate of drug-likeness (QED) is 0.0391. The van der Waals surface area contributed by atoms with Crippen LogP contribution >= 0.6 is 38.6 Å². The van der Waals surface area contributed by atoms with Crippen LogP contribution < -0.4 is 15.4 Å². The molecule has 10 nitrogen and oxygen atoms in total. The monoisotopic (exact) mass is 892 g/mol. The lowest BCUT2D eigenvalue weighted by Gasteiger charge is -2.18. The van der Waals surface area contributed by atoms with Crippen LogP contribution in [0.1, 0.15) is 85.9 Å². The van der Waals surface area contributed by atoms with Crippen molar-refractivity contribution >= 4 is 62.0 Å². The third kappa shape index (κ3) is 19.7. The third-order valence-electron chi connectivity index (χ3n) is 7.91. The molecule has 0 saturated heterocycles. The molecular weight excluding hydrogens is 846 g/mol. The molecule has 2 amide bonds. The van der Waals surface area contributed by atoms with Crippen LogP contribution in [0.3, 0.4) is 0 Å². The number of phenolic OH excluding ortho intramolecular Hbond substituents is 1. The van der Waals surface area contributed by atoms with Crippen LogP contribution in [0.15, 0.2) is 73.1 Å². The van der Waals surface area contributed by atoms with Crippen molar-refractivity contribution in [1.29, 1.82) is 0 Å². The Bertz CT molecular complexity index is 1860. The van der Waals surface area contributed by atoms with Crippen molar-refractivity contribution in [3.63, 3.8) is 0 Å². The Morgan fingerprint density at radius 3 is 1.41 bits per heavy atom. The second-order valence-corrected chi connectivity index (χ2v) is 12.5. The molecule has 0 radical (unpaired) electrons. The molecule has 0 fully saturated rings. The Hall–Kier alpha value is -4.81.